The largest absolute Gasteiger partial charge is 0.378 e. The van der Waals surface area contributed by atoms with Gasteiger partial charge in [0, 0.05) is 34.8 Å². The minimum atomic E-state index is 0.303. The highest BCUT2D eigenvalue weighted by atomic mass is 79.9. The molecule has 1 aromatic carbocycles. The van der Waals surface area contributed by atoms with Crippen LogP contribution in [0.5, 0.6) is 0 Å². The van der Waals surface area contributed by atoms with Gasteiger partial charge >= 0.3 is 0 Å². The van der Waals surface area contributed by atoms with Gasteiger partial charge in [0.05, 0.1) is 6.04 Å². The summed E-state index contributed by atoms with van der Waals surface area (Å²) in [6.07, 6.45) is 0. The molecule has 0 spiro atoms. The molecule has 1 heterocycles. The zero-order chi connectivity index (χ0) is 13.1. The van der Waals surface area contributed by atoms with Gasteiger partial charge in [0.1, 0.15) is 0 Å². The molecule has 2 rings (SSSR count). The van der Waals surface area contributed by atoms with Crippen molar-refractivity contribution in [1.82, 2.24) is 0 Å². The van der Waals surface area contributed by atoms with Gasteiger partial charge in [0.25, 0.3) is 0 Å². The van der Waals surface area contributed by atoms with Gasteiger partial charge < -0.3 is 10.2 Å². The Morgan fingerprint density at radius 2 is 2.06 bits per heavy atom. The van der Waals surface area contributed by atoms with Crippen molar-refractivity contribution >= 4 is 38.6 Å². The Balaban J connectivity index is 2.14. The monoisotopic (exact) mass is 324 g/mol. The third-order valence-corrected chi connectivity index (χ3v) is 4.84. The van der Waals surface area contributed by atoms with E-state index in [1.54, 1.807) is 11.3 Å². The summed E-state index contributed by atoms with van der Waals surface area (Å²) in [5.41, 5.74) is 2.35. The number of anilines is 2. The molecule has 2 nitrogen and oxygen atoms in total. The molecule has 2 aromatic rings. The summed E-state index contributed by atoms with van der Waals surface area (Å²) in [5, 5.41) is 5.64. The number of thiophene rings is 1. The second kappa shape index (κ2) is 5.76. The van der Waals surface area contributed by atoms with Crippen molar-refractivity contribution in [1.29, 1.82) is 0 Å². The molecule has 96 valence electrons. The summed E-state index contributed by atoms with van der Waals surface area (Å²) < 4.78 is 1.18. The van der Waals surface area contributed by atoms with Crippen LogP contribution in [0.15, 0.2) is 40.2 Å². The van der Waals surface area contributed by atoms with E-state index in [1.807, 2.05) is 0 Å². The highest BCUT2D eigenvalue weighted by Gasteiger charge is 2.10. The van der Waals surface area contributed by atoms with Gasteiger partial charge in [-0.15, -0.1) is 11.3 Å². The second-order valence-corrected chi connectivity index (χ2v) is 6.25. The summed E-state index contributed by atoms with van der Waals surface area (Å²) in [4.78, 5) is 3.43. The fourth-order valence-electron chi connectivity index (χ4n) is 1.80. The van der Waals surface area contributed by atoms with Crippen LogP contribution < -0.4 is 10.2 Å². The van der Waals surface area contributed by atoms with E-state index in [2.05, 4.69) is 82.9 Å². The number of benzene rings is 1. The molecule has 0 aliphatic rings. The van der Waals surface area contributed by atoms with Crippen LogP contribution >= 0.6 is 27.3 Å². The van der Waals surface area contributed by atoms with E-state index in [1.165, 1.54) is 15.0 Å². The average molecular weight is 325 g/mol. The third kappa shape index (κ3) is 3.06. The molecule has 0 bridgehead atoms. The Hall–Kier alpha value is -1.00. The van der Waals surface area contributed by atoms with Crippen LogP contribution in [-0.2, 0) is 0 Å². The molecule has 0 amide bonds. The molecule has 1 unspecified atom stereocenters. The van der Waals surface area contributed by atoms with E-state index in [9.17, 15) is 0 Å². The molecule has 0 saturated heterocycles. The third-order valence-electron chi connectivity index (χ3n) is 2.78. The molecule has 18 heavy (non-hydrogen) atoms. The van der Waals surface area contributed by atoms with E-state index in [-0.39, 0.29) is 0 Å². The zero-order valence-corrected chi connectivity index (χ0v) is 13.2. The number of nitrogens with zero attached hydrogens (tertiary/aromatic N) is 1. The maximum absolute atomic E-state index is 3.58. The Morgan fingerprint density at radius 1 is 1.28 bits per heavy atom. The van der Waals surface area contributed by atoms with E-state index in [0.717, 1.165) is 5.69 Å². The molecule has 1 aromatic heterocycles. The van der Waals surface area contributed by atoms with Crippen LogP contribution in [0.2, 0.25) is 0 Å². The van der Waals surface area contributed by atoms with Crippen molar-refractivity contribution in [2.45, 2.75) is 13.0 Å². The summed E-state index contributed by atoms with van der Waals surface area (Å²) in [5.74, 6) is 0. The van der Waals surface area contributed by atoms with Crippen molar-refractivity contribution in [2.75, 3.05) is 24.3 Å². The van der Waals surface area contributed by atoms with Crippen molar-refractivity contribution in [3.8, 4) is 0 Å². The molecular weight excluding hydrogens is 308 g/mol. The minimum Gasteiger partial charge on any atom is -0.378 e. The van der Waals surface area contributed by atoms with Gasteiger partial charge in [-0.3, -0.25) is 0 Å². The number of nitrogens with one attached hydrogen (secondary N) is 1. The lowest BCUT2D eigenvalue weighted by atomic mass is 10.2. The lowest BCUT2D eigenvalue weighted by Crippen LogP contribution is -2.10. The molecule has 1 atom stereocenters. The Labute approximate surface area is 121 Å². The first-order valence-electron chi connectivity index (χ1n) is 5.84. The topological polar surface area (TPSA) is 15.3 Å². The number of hydrogen-bond donors (Lipinski definition) is 1. The van der Waals surface area contributed by atoms with Crippen LogP contribution in [0, 0.1) is 0 Å². The van der Waals surface area contributed by atoms with E-state index in [4.69, 9.17) is 0 Å². The van der Waals surface area contributed by atoms with Gasteiger partial charge in [0.15, 0.2) is 0 Å². The molecule has 4 heteroatoms. The number of rotatable bonds is 4. The fourth-order valence-corrected chi connectivity index (χ4v) is 3.53. The maximum Gasteiger partial charge on any atom is 0.0589 e. The Morgan fingerprint density at radius 3 is 2.67 bits per heavy atom. The van der Waals surface area contributed by atoms with E-state index < -0.39 is 0 Å². The molecule has 0 aliphatic heterocycles. The normalized spacial score (nSPS) is 12.2. The number of hydrogen-bond acceptors (Lipinski definition) is 3. The molecule has 0 saturated carbocycles. The summed E-state index contributed by atoms with van der Waals surface area (Å²) in [6, 6.07) is 10.8. The smallest absolute Gasteiger partial charge is 0.0589 e. The van der Waals surface area contributed by atoms with Crippen LogP contribution in [0.25, 0.3) is 0 Å². The first-order chi connectivity index (χ1) is 8.58. The van der Waals surface area contributed by atoms with Crippen LogP contribution in [0.1, 0.15) is 17.8 Å². The van der Waals surface area contributed by atoms with Crippen LogP contribution in [0.3, 0.4) is 0 Å². The SMILES string of the molecule is CC(Nc1cccc(N(C)C)c1)c1sccc1Br. The standard InChI is InChI=1S/C14H17BrN2S/c1-10(14-13(15)7-8-18-14)16-11-5-4-6-12(9-11)17(2)3/h4-10,16H,1-3H3. The first-order valence-corrected chi connectivity index (χ1v) is 7.52. The highest BCUT2D eigenvalue weighted by Crippen LogP contribution is 2.31. The molecule has 0 fully saturated rings. The average Bonchev–Trinajstić information content (AvgIpc) is 2.76. The predicted molar refractivity (Wildman–Crippen MR) is 84.8 cm³/mol. The summed E-state index contributed by atoms with van der Waals surface area (Å²) in [6.45, 7) is 2.18. The van der Waals surface area contributed by atoms with E-state index >= 15 is 0 Å². The molecule has 0 radical (unpaired) electrons. The Bertz CT molecular complexity index is 522. The van der Waals surface area contributed by atoms with Gasteiger partial charge in [-0.1, -0.05) is 6.07 Å². The summed E-state index contributed by atoms with van der Waals surface area (Å²) >= 11 is 5.35. The van der Waals surface area contributed by atoms with Gasteiger partial charge in [-0.25, -0.2) is 0 Å². The molecule has 1 N–H and O–H groups in total. The molecular formula is C14H17BrN2S. The van der Waals surface area contributed by atoms with Gasteiger partial charge in [-0.2, -0.15) is 0 Å². The minimum absolute atomic E-state index is 0.303. The Kier molecular flexibility index (Phi) is 4.30. The summed E-state index contributed by atoms with van der Waals surface area (Å²) in [7, 11) is 4.11. The molecule has 0 aliphatic carbocycles. The first kappa shape index (κ1) is 13.4. The lowest BCUT2D eigenvalue weighted by molar-refractivity contribution is 0.903. The second-order valence-electron chi connectivity index (χ2n) is 4.44. The van der Waals surface area contributed by atoms with E-state index in [0.29, 0.717) is 6.04 Å². The van der Waals surface area contributed by atoms with Crippen molar-refractivity contribution in [3.05, 3.63) is 45.1 Å². The fraction of sp³-hybridized carbons (Fsp3) is 0.286. The van der Waals surface area contributed by atoms with Crippen LogP contribution in [-0.4, -0.2) is 14.1 Å². The lowest BCUT2D eigenvalue weighted by Gasteiger charge is -2.17. The van der Waals surface area contributed by atoms with Gasteiger partial charge in [0.2, 0.25) is 0 Å². The highest BCUT2D eigenvalue weighted by molar-refractivity contribution is 9.10. The maximum atomic E-state index is 3.58. The van der Waals surface area contributed by atoms with Crippen molar-refractivity contribution in [3.63, 3.8) is 0 Å². The number of halogens is 1. The van der Waals surface area contributed by atoms with Crippen molar-refractivity contribution < 1.29 is 0 Å². The van der Waals surface area contributed by atoms with Gasteiger partial charge in [-0.05, 0) is 52.5 Å². The quantitative estimate of drug-likeness (QED) is 0.873. The zero-order valence-electron chi connectivity index (χ0n) is 10.8. The van der Waals surface area contributed by atoms with Crippen molar-refractivity contribution in [2.24, 2.45) is 0 Å². The predicted octanol–water partition coefficient (Wildman–Crippen LogP) is 4.75. The van der Waals surface area contributed by atoms with Crippen LogP contribution in [0.4, 0.5) is 11.4 Å².